The maximum absolute atomic E-state index is 12.2. The van der Waals surface area contributed by atoms with Crippen LogP contribution in [0.1, 0.15) is 35.2 Å². The number of carbonyl (C=O) groups excluding carboxylic acids is 1. The van der Waals surface area contributed by atoms with Crippen LogP contribution in [0.15, 0.2) is 24.3 Å². The molecule has 0 atom stereocenters. The smallest absolute Gasteiger partial charge is 0.194 e. The average molecular weight is 204 g/mol. The van der Waals surface area contributed by atoms with E-state index in [9.17, 15) is 4.79 Å². The second-order valence-electron chi connectivity index (χ2n) is 4.25. The van der Waals surface area contributed by atoms with Gasteiger partial charge in [0, 0.05) is 12.7 Å². The lowest BCUT2D eigenvalue weighted by Crippen LogP contribution is -2.47. The van der Waals surface area contributed by atoms with E-state index in [4.69, 9.17) is 4.74 Å². The Morgan fingerprint density at radius 1 is 1.27 bits per heavy atom. The number of rotatable bonds is 3. The van der Waals surface area contributed by atoms with Gasteiger partial charge in [-0.1, -0.05) is 29.8 Å². The van der Waals surface area contributed by atoms with Crippen LogP contribution in [0.4, 0.5) is 0 Å². The maximum Gasteiger partial charge on any atom is 0.194 e. The van der Waals surface area contributed by atoms with Gasteiger partial charge in [-0.05, 0) is 26.2 Å². The molecule has 0 radical (unpaired) electrons. The molecule has 2 rings (SSSR count). The molecule has 0 unspecified atom stereocenters. The van der Waals surface area contributed by atoms with E-state index in [-0.39, 0.29) is 5.78 Å². The Morgan fingerprint density at radius 2 is 1.87 bits per heavy atom. The molecule has 1 aromatic rings. The second kappa shape index (κ2) is 3.78. The minimum Gasteiger partial charge on any atom is -0.370 e. The van der Waals surface area contributed by atoms with Gasteiger partial charge in [0.05, 0.1) is 0 Å². The zero-order chi connectivity index (χ0) is 10.9. The molecule has 0 aromatic heterocycles. The summed E-state index contributed by atoms with van der Waals surface area (Å²) in [7, 11) is 1.63. The van der Waals surface area contributed by atoms with Crippen molar-refractivity contribution in [2.45, 2.75) is 31.8 Å². The van der Waals surface area contributed by atoms with E-state index in [2.05, 4.69) is 0 Å². The van der Waals surface area contributed by atoms with Crippen molar-refractivity contribution in [1.82, 2.24) is 0 Å². The van der Waals surface area contributed by atoms with Crippen LogP contribution in [0.25, 0.3) is 0 Å². The van der Waals surface area contributed by atoms with Gasteiger partial charge in [0.15, 0.2) is 5.78 Å². The molecular weight excluding hydrogens is 188 g/mol. The minimum atomic E-state index is -0.519. The van der Waals surface area contributed by atoms with Crippen molar-refractivity contribution in [3.05, 3.63) is 35.4 Å². The third kappa shape index (κ3) is 1.70. The molecule has 0 spiro atoms. The Bertz CT molecular complexity index is 355. The Hall–Kier alpha value is -1.15. The number of ketones is 1. The number of hydrogen-bond acceptors (Lipinski definition) is 2. The molecular formula is C13H16O2. The third-order valence-electron chi connectivity index (χ3n) is 3.28. The number of Topliss-reactive ketones (excluding diaryl/α,β-unsaturated/α-hetero) is 1. The highest BCUT2D eigenvalue weighted by atomic mass is 16.5. The first kappa shape index (κ1) is 10.4. The lowest BCUT2D eigenvalue weighted by molar-refractivity contribution is -0.0448. The van der Waals surface area contributed by atoms with Crippen LogP contribution >= 0.6 is 0 Å². The summed E-state index contributed by atoms with van der Waals surface area (Å²) in [5.41, 5.74) is 1.42. The van der Waals surface area contributed by atoms with Gasteiger partial charge in [-0.3, -0.25) is 4.79 Å². The van der Waals surface area contributed by atoms with Crippen molar-refractivity contribution >= 4 is 5.78 Å². The molecule has 0 aliphatic heterocycles. The van der Waals surface area contributed by atoms with Gasteiger partial charge >= 0.3 is 0 Å². The molecule has 1 fully saturated rings. The van der Waals surface area contributed by atoms with Gasteiger partial charge in [0.25, 0.3) is 0 Å². The van der Waals surface area contributed by atoms with Crippen molar-refractivity contribution in [2.24, 2.45) is 0 Å². The van der Waals surface area contributed by atoms with E-state index < -0.39 is 5.60 Å². The van der Waals surface area contributed by atoms with Crippen LogP contribution in [-0.2, 0) is 4.74 Å². The van der Waals surface area contributed by atoms with Crippen molar-refractivity contribution < 1.29 is 9.53 Å². The second-order valence-corrected chi connectivity index (χ2v) is 4.25. The van der Waals surface area contributed by atoms with Crippen LogP contribution in [-0.4, -0.2) is 18.5 Å². The SMILES string of the molecule is COC1(C(=O)c2ccc(C)cc2)CCC1. The number of methoxy groups -OCH3 is 1. The minimum absolute atomic E-state index is 0.135. The highest BCUT2D eigenvalue weighted by molar-refractivity contribution is 6.03. The molecule has 1 aliphatic carbocycles. The first-order chi connectivity index (χ1) is 7.18. The van der Waals surface area contributed by atoms with Gasteiger partial charge in [-0.15, -0.1) is 0 Å². The van der Waals surface area contributed by atoms with Crippen LogP contribution < -0.4 is 0 Å². The van der Waals surface area contributed by atoms with Crippen molar-refractivity contribution in [3.8, 4) is 0 Å². The zero-order valence-electron chi connectivity index (χ0n) is 9.25. The predicted octanol–water partition coefficient (Wildman–Crippen LogP) is 2.75. The first-order valence-corrected chi connectivity index (χ1v) is 5.34. The van der Waals surface area contributed by atoms with E-state index in [1.54, 1.807) is 7.11 Å². The molecule has 0 heterocycles. The molecule has 1 aromatic carbocycles. The molecule has 0 saturated heterocycles. The van der Waals surface area contributed by atoms with Gasteiger partial charge < -0.3 is 4.74 Å². The van der Waals surface area contributed by atoms with E-state index in [0.29, 0.717) is 0 Å². The Morgan fingerprint density at radius 3 is 2.27 bits per heavy atom. The van der Waals surface area contributed by atoms with Crippen LogP contribution in [0.5, 0.6) is 0 Å². The normalized spacial score (nSPS) is 18.3. The molecule has 1 aliphatic rings. The summed E-state index contributed by atoms with van der Waals surface area (Å²) >= 11 is 0. The molecule has 1 saturated carbocycles. The Balaban J connectivity index is 2.24. The van der Waals surface area contributed by atoms with Gasteiger partial charge in [0.2, 0.25) is 0 Å². The van der Waals surface area contributed by atoms with Gasteiger partial charge in [-0.2, -0.15) is 0 Å². The number of carbonyl (C=O) groups is 1. The predicted molar refractivity (Wildman–Crippen MR) is 59.1 cm³/mol. The average Bonchev–Trinajstić information content (AvgIpc) is 2.18. The Kier molecular flexibility index (Phi) is 2.61. The number of ether oxygens (including phenoxy) is 1. The van der Waals surface area contributed by atoms with Gasteiger partial charge in [-0.25, -0.2) is 0 Å². The van der Waals surface area contributed by atoms with Crippen molar-refractivity contribution in [2.75, 3.05) is 7.11 Å². The van der Waals surface area contributed by atoms with Crippen molar-refractivity contribution in [1.29, 1.82) is 0 Å². The lowest BCUT2D eigenvalue weighted by atomic mass is 9.75. The summed E-state index contributed by atoms with van der Waals surface area (Å²) in [6.07, 6.45) is 2.80. The highest BCUT2D eigenvalue weighted by Gasteiger charge is 2.44. The fraction of sp³-hybridized carbons (Fsp3) is 0.462. The summed E-state index contributed by atoms with van der Waals surface area (Å²) in [5.74, 6) is 0.135. The summed E-state index contributed by atoms with van der Waals surface area (Å²) in [4.78, 5) is 12.2. The van der Waals surface area contributed by atoms with E-state index >= 15 is 0 Å². The quantitative estimate of drug-likeness (QED) is 0.708. The summed E-state index contributed by atoms with van der Waals surface area (Å²) in [6, 6.07) is 7.71. The van der Waals surface area contributed by atoms with E-state index in [0.717, 1.165) is 24.8 Å². The highest BCUT2D eigenvalue weighted by Crippen LogP contribution is 2.37. The molecule has 0 bridgehead atoms. The molecule has 2 heteroatoms. The molecule has 2 nitrogen and oxygen atoms in total. The fourth-order valence-electron chi connectivity index (χ4n) is 1.99. The first-order valence-electron chi connectivity index (χ1n) is 5.34. The van der Waals surface area contributed by atoms with Crippen LogP contribution in [0.2, 0.25) is 0 Å². The summed E-state index contributed by atoms with van der Waals surface area (Å²) < 4.78 is 5.37. The van der Waals surface area contributed by atoms with Crippen LogP contribution in [0, 0.1) is 6.92 Å². The standard InChI is InChI=1S/C13H16O2/c1-10-4-6-11(7-5-10)12(14)13(15-2)8-3-9-13/h4-7H,3,8-9H2,1-2H3. The van der Waals surface area contributed by atoms with E-state index in [1.165, 1.54) is 5.56 Å². The molecule has 80 valence electrons. The molecule has 0 N–H and O–H groups in total. The van der Waals surface area contributed by atoms with Gasteiger partial charge in [0.1, 0.15) is 5.60 Å². The molecule has 15 heavy (non-hydrogen) atoms. The lowest BCUT2D eigenvalue weighted by Gasteiger charge is -2.38. The number of aryl methyl sites for hydroxylation is 1. The van der Waals surface area contributed by atoms with E-state index in [1.807, 2.05) is 31.2 Å². The zero-order valence-corrected chi connectivity index (χ0v) is 9.25. The number of hydrogen-bond donors (Lipinski definition) is 0. The fourth-order valence-corrected chi connectivity index (χ4v) is 1.99. The summed E-state index contributed by atoms with van der Waals surface area (Å²) in [6.45, 7) is 2.02. The topological polar surface area (TPSA) is 26.3 Å². The molecule has 0 amide bonds. The van der Waals surface area contributed by atoms with Crippen LogP contribution in [0.3, 0.4) is 0 Å². The largest absolute Gasteiger partial charge is 0.370 e. The number of benzene rings is 1. The third-order valence-corrected chi connectivity index (χ3v) is 3.28. The monoisotopic (exact) mass is 204 g/mol. The Labute approximate surface area is 90.3 Å². The maximum atomic E-state index is 12.2. The summed E-state index contributed by atoms with van der Waals surface area (Å²) in [5, 5.41) is 0. The van der Waals surface area contributed by atoms with Crippen molar-refractivity contribution in [3.63, 3.8) is 0 Å².